The molecule has 0 aliphatic rings. The number of aromatic nitrogens is 1. The standard InChI is InChI=1S/C17H17N3O/c1-2-14-7-3-4-8-16(14)20-17(21)15(11-18)10-13-6-5-9-19-12-13/h3-9,12,15H,2,10H2,1H3,(H,20,21)/t15-/m0/s1. The molecule has 1 amide bonds. The van der Waals surface area contributed by atoms with Gasteiger partial charge in [-0.05, 0) is 36.1 Å². The third-order valence-corrected chi connectivity index (χ3v) is 3.29. The molecule has 0 fully saturated rings. The quantitative estimate of drug-likeness (QED) is 0.915. The lowest BCUT2D eigenvalue weighted by molar-refractivity contribution is -0.118. The summed E-state index contributed by atoms with van der Waals surface area (Å²) in [6, 6.07) is 13.4. The van der Waals surface area contributed by atoms with Crippen LogP contribution in [0.3, 0.4) is 0 Å². The Morgan fingerprint density at radius 2 is 2.14 bits per heavy atom. The van der Waals surface area contributed by atoms with E-state index in [4.69, 9.17) is 0 Å². The van der Waals surface area contributed by atoms with E-state index in [0.717, 1.165) is 23.2 Å². The van der Waals surface area contributed by atoms with Crippen LogP contribution in [0.4, 0.5) is 5.69 Å². The molecule has 4 nitrogen and oxygen atoms in total. The molecule has 1 heterocycles. The number of hydrogen-bond acceptors (Lipinski definition) is 3. The minimum absolute atomic E-state index is 0.276. The predicted molar refractivity (Wildman–Crippen MR) is 81.5 cm³/mol. The van der Waals surface area contributed by atoms with E-state index in [1.165, 1.54) is 0 Å². The number of para-hydroxylation sites is 1. The maximum atomic E-state index is 12.3. The molecule has 0 saturated carbocycles. The van der Waals surface area contributed by atoms with Crippen LogP contribution in [0.25, 0.3) is 0 Å². The van der Waals surface area contributed by atoms with Gasteiger partial charge in [0, 0.05) is 18.1 Å². The largest absolute Gasteiger partial charge is 0.325 e. The number of carbonyl (C=O) groups is 1. The fraction of sp³-hybridized carbons (Fsp3) is 0.235. The molecule has 1 atom stereocenters. The van der Waals surface area contributed by atoms with Crippen molar-refractivity contribution in [3.63, 3.8) is 0 Å². The fourth-order valence-electron chi connectivity index (χ4n) is 2.12. The number of nitrogens with one attached hydrogen (secondary N) is 1. The summed E-state index contributed by atoms with van der Waals surface area (Å²) >= 11 is 0. The second-order valence-electron chi connectivity index (χ2n) is 4.75. The van der Waals surface area contributed by atoms with Crippen LogP contribution in [-0.4, -0.2) is 10.9 Å². The average molecular weight is 279 g/mol. The van der Waals surface area contributed by atoms with Gasteiger partial charge in [0.1, 0.15) is 5.92 Å². The zero-order valence-electron chi connectivity index (χ0n) is 11.9. The number of hydrogen-bond donors (Lipinski definition) is 1. The minimum atomic E-state index is -0.723. The molecule has 1 N–H and O–H groups in total. The summed E-state index contributed by atoms with van der Waals surface area (Å²) in [4.78, 5) is 16.3. The lowest BCUT2D eigenvalue weighted by Crippen LogP contribution is -2.24. The van der Waals surface area contributed by atoms with Gasteiger partial charge in [0.2, 0.25) is 5.91 Å². The van der Waals surface area contributed by atoms with Gasteiger partial charge in [-0.15, -0.1) is 0 Å². The van der Waals surface area contributed by atoms with Crippen LogP contribution >= 0.6 is 0 Å². The van der Waals surface area contributed by atoms with Crippen LogP contribution in [0.1, 0.15) is 18.1 Å². The van der Waals surface area contributed by atoms with Gasteiger partial charge < -0.3 is 5.32 Å². The van der Waals surface area contributed by atoms with Crippen LogP contribution in [-0.2, 0) is 17.6 Å². The summed E-state index contributed by atoms with van der Waals surface area (Å²) in [6.07, 6.45) is 4.54. The van der Waals surface area contributed by atoms with Gasteiger partial charge in [0.25, 0.3) is 0 Å². The zero-order valence-corrected chi connectivity index (χ0v) is 11.9. The van der Waals surface area contributed by atoms with Gasteiger partial charge in [0.05, 0.1) is 6.07 Å². The molecule has 0 aliphatic heterocycles. The summed E-state index contributed by atoms with van der Waals surface area (Å²) < 4.78 is 0. The van der Waals surface area contributed by atoms with Gasteiger partial charge in [-0.1, -0.05) is 31.2 Å². The Bertz CT molecular complexity index is 647. The molecule has 1 aromatic heterocycles. The summed E-state index contributed by atoms with van der Waals surface area (Å²) in [6.45, 7) is 2.03. The molecule has 0 radical (unpaired) electrons. The number of nitrogens with zero attached hydrogens (tertiary/aromatic N) is 2. The molecule has 4 heteroatoms. The number of pyridine rings is 1. The Morgan fingerprint density at radius 1 is 1.33 bits per heavy atom. The highest BCUT2D eigenvalue weighted by atomic mass is 16.1. The molecule has 0 aliphatic carbocycles. The molecule has 2 rings (SSSR count). The van der Waals surface area contributed by atoms with Gasteiger partial charge in [-0.2, -0.15) is 5.26 Å². The van der Waals surface area contributed by atoms with Crippen molar-refractivity contribution < 1.29 is 4.79 Å². The Balaban J connectivity index is 2.09. The molecule has 0 spiro atoms. The van der Waals surface area contributed by atoms with E-state index >= 15 is 0 Å². The average Bonchev–Trinajstić information content (AvgIpc) is 2.54. The van der Waals surface area contributed by atoms with Crippen molar-refractivity contribution in [2.75, 3.05) is 5.32 Å². The topological polar surface area (TPSA) is 65.8 Å². The highest BCUT2D eigenvalue weighted by molar-refractivity contribution is 5.94. The van der Waals surface area contributed by atoms with Crippen molar-refractivity contribution >= 4 is 11.6 Å². The van der Waals surface area contributed by atoms with Gasteiger partial charge in [-0.3, -0.25) is 9.78 Å². The van der Waals surface area contributed by atoms with E-state index < -0.39 is 5.92 Å². The number of anilines is 1. The predicted octanol–water partition coefficient (Wildman–Crippen LogP) is 2.96. The molecule has 2 aromatic rings. The third kappa shape index (κ3) is 3.90. The van der Waals surface area contributed by atoms with E-state index in [0.29, 0.717) is 6.42 Å². The highest BCUT2D eigenvalue weighted by Crippen LogP contribution is 2.17. The second-order valence-corrected chi connectivity index (χ2v) is 4.75. The normalized spacial score (nSPS) is 11.4. The van der Waals surface area contributed by atoms with E-state index in [1.807, 2.05) is 37.3 Å². The second kappa shape index (κ2) is 7.20. The molecule has 21 heavy (non-hydrogen) atoms. The molecule has 1 aromatic carbocycles. The molecular formula is C17H17N3O. The summed E-state index contributed by atoms with van der Waals surface area (Å²) in [5, 5.41) is 12.1. The Labute approximate surface area is 124 Å². The van der Waals surface area contributed by atoms with Crippen molar-refractivity contribution in [1.82, 2.24) is 4.98 Å². The number of aryl methyl sites for hydroxylation is 1. The van der Waals surface area contributed by atoms with Crippen molar-refractivity contribution in [1.29, 1.82) is 5.26 Å². The number of carbonyl (C=O) groups excluding carboxylic acids is 1. The van der Waals surface area contributed by atoms with Crippen LogP contribution in [0.5, 0.6) is 0 Å². The zero-order chi connectivity index (χ0) is 15.1. The lowest BCUT2D eigenvalue weighted by atomic mass is 10.0. The van der Waals surface area contributed by atoms with Crippen molar-refractivity contribution in [3.8, 4) is 6.07 Å². The smallest absolute Gasteiger partial charge is 0.242 e. The Kier molecular flexibility index (Phi) is 5.05. The van der Waals surface area contributed by atoms with Gasteiger partial charge >= 0.3 is 0 Å². The van der Waals surface area contributed by atoms with Crippen LogP contribution in [0.15, 0.2) is 48.8 Å². The lowest BCUT2D eigenvalue weighted by Gasteiger charge is -2.12. The first-order valence-electron chi connectivity index (χ1n) is 6.92. The Morgan fingerprint density at radius 3 is 2.81 bits per heavy atom. The highest BCUT2D eigenvalue weighted by Gasteiger charge is 2.19. The van der Waals surface area contributed by atoms with Gasteiger partial charge in [0.15, 0.2) is 0 Å². The van der Waals surface area contributed by atoms with E-state index in [9.17, 15) is 10.1 Å². The SMILES string of the molecule is CCc1ccccc1NC(=O)[C@H](C#N)Cc1cccnc1. The number of nitriles is 1. The fourth-order valence-corrected chi connectivity index (χ4v) is 2.12. The molecule has 0 unspecified atom stereocenters. The Hall–Kier alpha value is -2.67. The molecule has 0 saturated heterocycles. The maximum absolute atomic E-state index is 12.3. The first-order chi connectivity index (χ1) is 10.2. The van der Waals surface area contributed by atoms with Gasteiger partial charge in [-0.25, -0.2) is 0 Å². The summed E-state index contributed by atoms with van der Waals surface area (Å²) in [5.41, 5.74) is 2.71. The van der Waals surface area contributed by atoms with E-state index in [-0.39, 0.29) is 5.91 Å². The molecule has 106 valence electrons. The van der Waals surface area contributed by atoms with Crippen LogP contribution in [0.2, 0.25) is 0 Å². The van der Waals surface area contributed by atoms with Crippen molar-refractivity contribution in [2.24, 2.45) is 5.92 Å². The van der Waals surface area contributed by atoms with Crippen molar-refractivity contribution in [2.45, 2.75) is 19.8 Å². The van der Waals surface area contributed by atoms with E-state index in [2.05, 4.69) is 16.4 Å². The van der Waals surface area contributed by atoms with Crippen LogP contribution < -0.4 is 5.32 Å². The molecular weight excluding hydrogens is 262 g/mol. The monoisotopic (exact) mass is 279 g/mol. The number of amides is 1. The number of benzene rings is 1. The third-order valence-electron chi connectivity index (χ3n) is 3.29. The van der Waals surface area contributed by atoms with Crippen LogP contribution in [0, 0.1) is 17.2 Å². The number of rotatable bonds is 5. The van der Waals surface area contributed by atoms with Crippen molar-refractivity contribution in [3.05, 3.63) is 59.9 Å². The minimum Gasteiger partial charge on any atom is -0.325 e. The summed E-state index contributed by atoms with van der Waals surface area (Å²) in [7, 11) is 0. The molecule has 0 bridgehead atoms. The van der Waals surface area contributed by atoms with E-state index in [1.54, 1.807) is 18.5 Å². The first-order valence-corrected chi connectivity index (χ1v) is 6.92. The maximum Gasteiger partial charge on any atom is 0.242 e. The first kappa shape index (κ1) is 14.7. The summed E-state index contributed by atoms with van der Waals surface area (Å²) in [5.74, 6) is -0.999.